The highest BCUT2D eigenvalue weighted by molar-refractivity contribution is 6.12. The molecular formula is C24H24N4O3. The highest BCUT2D eigenvalue weighted by atomic mass is 16.2. The summed E-state index contributed by atoms with van der Waals surface area (Å²) < 4.78 is 0. The van der Waals surface area contributed by atoms with Crippen LogP contribution in [0.15, 0.2) is 54.7 Å². The third-order valence-corrected chi connectivity index (χ3v) is 6.18. The molecule has 31 heavy (non-hydrogen) atoms. The van der Waals surface area contributed by atoms with Gasteiger partial charge < -0.3 is 20.1 Å². The molecule has 7 nitrogen and oxygen atoms in total. The standard InChI is InChI=1S/C24H24N4O3/c29-22(25-12-11-16-14-26-19-8-3-1-6-17(16)19)15-28-20-9-4-2-7-18(20)23(30)27-13-5-10-21(27)24(28)31/h1-4,6-9,14,21,26H,5,10-13,15H2,(H,25,29)/t21-/m1/s1. The molecule has 2 N–H and O–H groups in total. The Labute approximate surface area is 180 Å². The van der Waals surface area contributed by atoms with Crippen LogP contribution in [0.5, 0.6) is 0 Å². The minimum Gasteiger partial charge on any atom is -0.361 e. The Morgan fingerprint density at radius 3 is 2.81 bits per heavy atom. The van der Waals surface area contributed by atoms with Crippen molar-refractivity contribution in [2.75, 3.05) is 24.5 Å². The summed E-state index contributed by atoms with van der Waals surface area (Å²) in [4.78, 5) is 45.3. The van der Waals surface area contributed by atoms with Gasteiger partial charge in [0.15, 0.2) is 0 Å². The molecule has 0 unspecified atom stereocenters. The lowest BCUT2D eigenvalue weighted by Gasteiger charge is -2.25. The summed E-state index contributed by atoms with van der Waals surface area (Å²) in [7, 11) is 0. The van der Waals surface area contributed by atoms with Gasteiger partial charge >= 0.3 is 0 Å². The zero-order valence-electron chi connectivity index (χ0n) is 17.1. The molecule has 3 amide bonds. The van der Waals surface area contributed by atoms with Gasteiger partial charge in [0.2, 0.25) is 11.8 Å². The summed E-state index contributed by atoms with van der Waals surface area (Å²) in [5.74, 6) is -0.543. The van der Waals surface area contributed by atoms with E-state index in [-0.39, 0.29) is 24.3 Å². The number of carbonyl (C=O) groups excluding carboxylic acids is 3. The van der Waals surface area contributed by atoms with E-state index in [9.17, 15) is 14.4 Å². The SMILES string of the molecule is O=C(CN1C(=O)[C@H]2CCCN2C(=O)c2ccccc21)NCCc1c[nH]c2ccccc12. The van der Waals surface area contributed by atoms with Gasteiger partial charge in [0, 0.05) is 30.2 Å². The monoisotopic (exact) mass is 416 g/mol. The number of nitrogens with one attached hydrogen (secondary N) is 2. The second-order valence-electron chi connectivity index (χ2n) is 8.06. The molecule has 3 heterocycles. The van der Waals surface area contributed by atoms with Crippen LogP contribution < -0.4 is 10.2 Å². The Hall–Kier alpha value is -3.61. The molecule has 2 aliphatic rings. The van der Waals surface area contributed by atoms with Gasteiger partial charge in [-0.3, -0.25) is 14.4 Å². The van der Waals surface area contributed by atoms with Gasteiger partial charge in [-0.05, 0) is 43.0 Å². The topological polar surface area (TPSA) is 85.5 Å². The summed E-state index contributed by atoms with van der Waals surface area (Å²) in [6.07, 6.45) is 4.09. The summed E-state index contributed by atoms with van der Waals surface area (Å²) in [5.41, 5.74) is 3.20. The molecule has 158 valence electrons. The third-order valence-electron chi connectivity index (χ3n) is 6.18. The number of nitrogens with zero attached hydrogens (tertiary/aromatic N) is 2. The lowest BCUT2D eigenvalue weighted by molar-refractivity contribution is -0.125. The second kappa shape index (κ2) is 7.91. The molecule has 1 atom stereocenters. The van der Waals surface area contributed by atoms with E-state index in [1.54, 1.807) is 29.2 Å². The van der Waals surface area contributed by atoms with E-state index in [1.807, 2.05) is 24.4 Å². The smallest absolute Gasteiger partial charge is 0.256 e. The Bertz CT molecular complexity index is 1170. The van der Waals surface area contributed by atoms with Gasteiger partial charge in [0.1, 0.15) is 12.6 Å². The lowest BCUT2D eigenvalue weighted by atomic mass is 10.1. The molecule has 5 rings (SSSR count). The Morgan fingerprint density at radius 1 is 1.10 bits per heavy atom. The van der Waals surface area contributed by atoms with E-state index in [0.29, 0.717) is 37.2 Å². The quantitative estimate of drug-likeness (QED) is 0.670. The minimum absolute atomic E-state index is 0.0959. The average molecular weight is 416 g/mol. The normalized spacial score (nSPS) is 18.1. The third kappa shape index (κ3) is 3.46. The van der Waals surface area contributed by atoms with Gasteiger partial charge in [-0.2, -0.15) is 0 Å². The van der Waals surface area contributed by atoms with E-state index in [1.165, 1.54) is 4.90 Å². The fourth-order valence-electron chi connectivity index (χ4n) is 4.65. The molecule has 0 bridgehead atoms. The van der Waals surface area contributed by atoms with Crippen molar-refractivity contribution < 1.29 is 14.4 Å². The maximum Gasteiger partial charge on any atom is 0.256 e. The maximum absolute atomic E-state index is 13.2. The first-order chi connectivity index (χ1) is 15.1. The van der Waals surface area contributed by atoms with Crippen LogP contribution in [-0.2, 0) is 16.0 Å². The molecule has 3 aromatic rings. The Morgan fingerprint density at radius 2 is 1.90 bits per heavy atom. The molecule has 2 aromatic carbocycles. The molecule has 0 saturated carbocycles. The van der Waals surface area contributed by atoms with Crippen LogP contribution in [-0.4, -0.2) is 53.3 Å². The van der Waals surface area contributed by atoms with Crippen molar-refractivity contribution in [1.29, 1.82) is 0 Å². The zero-order chi connectivity index (χ0) is 21.4. The average Bonchev–Trinajstić information content (AvgIpc) is 3.43. The summed E-state index contributed by atoms with van der Waals surface area (Å²) in [6.45, 7) is 0.953. The summed E-state index contributed by atoms with van der Waals surface area (Å²) in [5, 5.41) is 4.08. The van der Waals surface area contributed by atoms with Gasteiger partial charge in [-0.15, -0.1) is 0 Å². The predicted octanol–water partition coefficient (Wildman–Crippen LogP) is 2.48. The number of aromatic amines is 1. The van der Waals surface area contributed by atoms with Crippen LogP contribution in [0, 0.1) is 0 Å². The van der Waals surface area contributed by atoms with Crippen molar-refractivity contribution in [3.8, 4) is 0 Å². The molecule has 1 aromatic heterocycles. The minimum atomic E-state index is -0.487. The molecule has 1 saturated heterocycles. The lowest BCUT2D eigenvalue weighted by Crippen LogP contribution is -2.48. The van der Waals surface area contributed by atoms with E-state index in [0.717, 1.165) is 22.9 Å². The molecule has 0 spiro atoms. The number of benzene rings is 2. The number of para-hydroxylation sites is 2. The van der Waals surface area contributed by atoms with Crippen molar-refractivity contribution in [3.63, 3.8) is 0 Å². The first-order valence-corrected chi connectivity index (χ1v) is 10.7. The first kappa shape index (κ1) is 19.4. The summed E-state index contributed by atoms with van der Waals surface area (Å²) in [6, 6.07) is 14.6. The number of anilines is 1. The number of rotatable bonds is 5. The number of aromatic nitrogens is 1. The molecule has 2 aliphatic heterocycles. The molecule has 1 fully saturated rings. The zero-order valence-corrected chi connectivity index (χ0v) is 17.1. The molecule has 0 aliphatic carbocycles. The van der Waals surface area contributed by atoms with Crippen LogP contribution in [0.2, 0.25) is 0 Å². The predicted molar refractivity (Wildman–Crippen MR) is 118 cm³/mol. The highest BCUT2D eigenvalue weighted by Gasteiger charge is 2.42. The van der Waals surface area contributed by atoms with Crippen molar-refractivity contribution in [2.24, 2.45) is 0 Å². The van der Waals surface area contributed by atoms with Crippen molar-refractivity contribution in [3.05, 3.63) is 65.9 Å². The molecule has 0 radical (unpaired) electrons. The van der Waals surface area contributed by atoms with Crippen LogP contribution in [0.1, 0.15) is 28.8 Å². The largest absolute Gasteiger partial charge is 0.361 e. The number of hydrogen-bond acceptors (Lipinski definition) is 3. The van der Waals surface area contributed by atoms with Gasteiger partial charge in [0.25, 0.3) is 5.91 Å². The fourth-order valence-corrected chi connectivity index (χ4v) is 4.65. The van der Waals surface area contributed by atoms with E-state index < -0.39 is 6.04 Å². The van der Waals surface area contributed by atoms with Gasteiger partial charge in [0.05, 0.1) is 11.3 Å². The number of amides is 3. The fraction of sp³-hybridized carbons (Fsp3) is 0.292. The Balaban J connectivity index is 1.30. The van der Waals surface area contributed by atoms with E-state index in [4.69, 9.17) is 0 Å². The Kier molecular flexibility index (Phi) is 4.94. The first-order valence-electron chi connectivity index (χ1n) is 10.7. The summed E-state index contributed by atoms with van der Waals surface area (Å²) >= 11 is 0. The second-order valence-corrected chi connectivity index (χ2v) is 8.06. The van der Waals surface area contributed by atoms with Crippen molar-refractivity contribution in [1.82, 2.24) is 15.2 Å². The van der Waals surface area contributed by atoms with Gasteiger partial charge in [-0.25, -0.2) is 0 Å². The van der Waals surface area contributed by atoms with Crippen LogP contribution >= 0.6 is 0 Å². The number of hydrogen-bond donors (Lipinski definition) is 2. The van der Waals surface area contributed by atoms with Crippen LogP contribution in [0.25, 0.3) is 10.9 Å². The van der Waals surface area contributed by atoms with Gasteiger partial charge in [-0.1, -0.05) is 30.3 Å². The van der Waals surface area contributed by atoms with Crippen LogP contribution in [0.3, 0.4) is 0 Å². The van der Waals surface area contributed by atoms with Crippen molar-refractivity contribution >= 4 is 34.3 Å². The number of carbonyl (C=O) groups is 3. The van der Waals surface area contributed by atoms with Crippen LogP contribution in [0.4, 0.5) is 5.69 Å². The van der Waals surface area contributed by atoms with E-state index >= 15 is 0 Å². The highest BCUT2D eigenvalue weighted by Crippen LogP contribution is 2.32. The number of fused-ring (bicyclic) bond motifs is 3. The molecule has 7 heteroatoms. The number of H-pyrrole nitrogens is 1. The molecular weight excluding hydrogens is 392 g/mol. The van der Waals surface area contributed by atoms with E-state index in [2.05, 4.69) is 16.4 Å². The van der Waals surface area contributed by atoms with Crippen molar-refractivity contribution in [2.45, 2.75) is 25.3 Å². The maximum atomic E-state index is 13.2.